The van der Waals surface area contributed by atoms with Gasteiger partial charge in [-0.25, -0.2) is 9.97 Å². The summed E-state index contributed by atoms with van der Waals surface area (Å²) in [6.07, 6.45) is 4.49. The number of benzene rings is 1. The maximum Gasteiger partial charge on any atom is 0.270 e. The fourth-order valence-corrected chi connectivity index (χ4v) is 3.18. The number of hydrogen-bond acceptors (Lipinski definition) is 4. The van der Waals surface area contributed by atoms with Gasteiger partial charge in [0.25, 0.3) is 5.91 Å². The number of nitrogens with one attached hydrogen (secondary N) is 2. The SMILES string of the molecule is Cc1nc(Nc2ccc(C(C)C)cc2)cc(C(=O)NC2CCCC2)n1. The molecule has 2 N–H and O–H groups in total. The molecule has 3 rings (SSSR count). The first-order valence-electron chi connectivity index (χ1n) is 9.05. The fraction of sp³-hybridized carbons (Fsp3) is 0.450. The average Bonchev–Trinajstić information content (AvgIpc) is 3.07. The van der Waals surface area contributed by atoms with Gasteiger partial charge in [0, 0.05) is 17.8 Å². The number of carbonyl (C=O) groups excluding carboxylic acids is 1. The standard InChI is InChI=1S/C20H26N4O/c1-13(2)15-8-10-17(11-9-15)23-19-12-18(21-14(3)22-19)20(25)24-16-6-4-5-7-16/h8-13,16H,4-7H2,1-3H3,(H,24,25)(H,21,22,23). The van der Waals surface area contributed by atoms with Crippen molar-refractivity contribution >= 4 is 17.4 Å². The number of carbonyl (C=O) groups is 1. The van der Waals surface area contributed by atoms with Gasteiger partial charge >= 0.3 is 0 Å². The Bertz CT molecular complexity index is 734. The van der Waals surface area contributed by atoms with Crippen LogP contribution in [0.25, 0.3) is 0 Å². The Labute approximate surface area is 149 Å². The first kappa shape index (κ1) is 17.4. The first-order chi connectivity index (χ1) is 12.0. The molecule has 0 aliphatic heterocycles. The molecule has 25 heavy (non-hydrogen) atoms. The van der Waals surface area contributed by atoms with E-state index in [4.69, 9.17) is 0 Å². The number of nitrogens with zero attached hydrogens (tertiary/aromatic N) is 2. The summed E-state index contributed by atoms with van der Waals surface area (Å²) in [5, 5.41) is 6.35. The quantitative estimate of drug-likeness (QED) is 0.852. The molecule has 1 amide bonds. The Kier molecular flexibility index (Phi) is 5.31. The molecule has 1 aromatic carbocycles. The van der Waals surface area contributed by atoms with E-state index in [-0.39, 0.29) is 11.9 Å². The van der Waals surface area contributed by atoms with Crippen LogP contribution in [0.5, 0.6) is 0 Å². The molecule has 0 unspecified atom stereocenters. The van der Waals surface area contributed by atoms with E-state index in [1.54, 1.807) is 13.0 Å². The molecule has 2 aromatic rings. The molecule has 5 heteroatoms. The third kappa shape index (κ3) is 4.56. The van der Waals surface area contributed by atoms with Gasteiger partial charge < -0.3 is 10.6 Å². The van der Waals surface area contributed by atoms with Crippen LogP contribution in [0, 0.1) is 6.92 Å². The van der Waals surface area contributed by atoms with Gasteiger partial charge in [-0.05, 0) is 43.4 Å². The molecular formula is C20H26N4O. The van der Waals surface area contributed by atoms with E-state index in [2.05, 4.69) is 46.6 Å². The lowest BCUT2D eigenvalue weighted by Gasteiger charge is -2.13. The second-order valence-electron chi connectivity index (χ2n) is 7.04. The maximum absolute atomic E-state index is 12.4. The number of aromatic nitrogens is 2. The number of aryl methyl sites for hydroxylation is 1. The van der Waals surface area contributed by atoms with Gasteiger partial charge in [-0.1, -0.05) is 38.8 Å². The van der Waals surface area contributed by atoms with Crippen LogP contribution >= 0.6 is 0 Å². The molecule has 1 heterocycles. The molecule has 0 spiro atoms. The summed E-state index contributed by atoms with van der Waals surface area (Å²) in [5.41, 5.74) is 2.66. The summed E-state index contributed by atoms with van der Waals surface area (Å²) in [6.45, 7) is 6.15. The van der Waals surface area contributed by atoms with Crippen molar-refractivity contribution < 1.29 is 4.79 Å². The highest BCUT2D eigenvalue weighted by atomic mass is 16.1. The van der Waals surface area contributed by atoms with Crippen LogP contribution in [0.4, 0.5) is 11.5 Å². The number of hydrogen-bond donors (Lipinski definition) is 2. The zero-order valence-corrected chi connectivity index (χ0v) is 15.2. The topological polar surface area (TPSA) is 66.9 Å². The molecule has 1 fully saturated rings. The van der Waals surface area contributed by atoms with Gasteiger partial charge in [-0.3, -0.25) is 4.79 Å². The van der Waals surface area contributed by atoms with Crippen LogP contribution in [-0.4, -0.2) is 21.9 Å². The van der Waals surface area contributed by atoms with Gasteiger partial charge in [-0.15, -0.1) is 0 Å². The molecule has 0 radical (unpaired) electrons. The monoisotopic (exact) mass is 338 g/mol. The highest BCUT2D eigenvalue weighted by Gasteiger charge is 2.19. The number of rotatable bonds is 5. The lowest BCUT2D eigenvalue weighted by atomic mass is 10.0. The van der Waals surface area contributed by atoms with E-state index in [9.17, 15) is 4.79 Å². The fourth-order valence-electron chi connectivity index (χ4n) is 3.18. The molecule has 0 bridgehead atoms. The summed E-state index contributed by atoms with van der Waals surface area (Å²) < 4.78 is 0. The Morgan fingerprint density at radius 1 is 1.12 bits per heavy atom. The van der Waals surface area contributed by atoms with Crippen LogP contribution < -0.4 is 10.6 Å². The highest BCUT2D eigenvalue weighted by Crippen LogP contribution is 2.21. The Balaban J connectivity index is 1.73. The van der Waals surface area contributed by atoms with Crippen molar-refractivity contribution in [2.75, 3.05) is 5.32 Å². The molecule has 1 aliphatic rings. The number of anilines is 2. The van der Waals surface area contributed by atoms with Crippen LogP contribution in [-0.2, 0) is 0 Å². The summed E-state index contributed by atoms with van der Waals surface area (Å²) in [5.74, 6) is 1.61. The van der Waals surface area contributed by atoms with Crippen LogP contribution in [0.15, 0.2) is 30.3 Å². The predicted octanol–water partition coefficient (Wildman–Crippen LogP) is 4.32. The van der Waals surface area contributed by atoms with Crippen LogP contribution in [0.2, 0.25) is 0 Å². The lowest BCUT2D eigenvalue weighted by Crippen LogP contribution is -2.33. The van der Waals surface area contributed by atoms with E-state index < -0.39 is 0 Å². The molecule has 0 saturated heterocycles. The first-order valence-corrected chi connectivity index (χ1v) is 9.05. The second kappa shape index (κ2) is 7.64. The Morgan fingerprint density at radius 3 is 2.44 bits per heavy atom. The minimum Gasteiger partial charge on any atom is -0.348 e. The van der Waals surface area contributed by atoms with Crippen LogP contribution in [0.3, 0.4) is 0 Å². The zero-order chi connectivity index (χ0) is 17.8. The molecular weight excluding hydrogens is 312 g/mol. The zero-order valence-electron chi connectivity index (χ0n) is 15.2. The molecule has 132 valence electrons. The van der Waals surface area contributed by atoms with Gasteiger partial charge in [0.2, 0.25) is 0 Å². The molecule has 0 atom stereocenters. The van der Waals surface area contributed by atoms with Crippen molar-refractivity contribution in [2.24, 2.45) is 0 Å². The molecule has 1 saturated carbocycles. The van der Waals surface area contributed by atoms with Gasteiger partial charge in [0.1, 0.15) is 17.3 Å². The van der Waals surface area contributed by atoms with Gasteiger partial charge in [-0.2, -0.15) is 0 Å². The minimum absolute atomic E-state index is 0.115. The Hall–Kier alpha value is -2.43. The van der Waals surface area contributed by atoms with Crippen molar-refractivity contribution in [3.63, 3.8) is 0 Å². The smallest absolute Gasteiger partial charge is 0.270 e. The average molecular weight is 338 g/mol. The summed E-state index contributed by atoms with van der Waals surface area (Å²) >= 11 is 0. The van der Waals surface area contributed by atoms with E-state index in [1.807, 2.05) is 12.1 Å². The maximum atomic E-state index is 12.4. The van der Waals surface area contributed by atoms with Crippen molar-refractivity contribution in [2.45, 2.75) is 58.4 Å². The Morgan fingerprint density at radius 2 is 1.80 bits per heavy atom. The van der Waals surface area contributed by atoms with E-state index >= 15 is 0 Å². The van der Waals surface area contributed by atoms with Gasteiger partial charge in [0.05, 0.1) is 0 Å². The van der Waals surface area contributed by atoms with Gasteiger partial charge in [0.15, 0.2) is 0 Å². The largest absolute Gasteiger partial charge is 0.348 e. The van der Waals surface area contributed by atoms with Crippen molar-refractivity contribution in [3.8, 4) is 0 Å². The summed E-state index contributed by atoms with van der Waals surface area (Å²) in [4.78, 5) is 21.1. The summed E-state index contributed by atoms with van der Waals surface area (Å²) in [6, 6.07) is 10.3. The lowest BCUT2D eigenvalue weighted by molar-refractivity contribution is 0.0932. The summed E-state index contributed by atoms with van der Waals surface area (Å²) in [7, 11) is 0. The van der Waals surface area contributed by atoms with E-state index in [1.165, 1.54) is 18.4 Å². The van der Waals surface area contributed by atoms with E-state index in [0.29, 0.717) is 23.3 Å². The third-order valence-corrected chi connectivity index (χ3v) is 4.61. The van der Waals surface area contributed by atoms with E-state index in [0.717, 1.165) is 18.5 Å². The van der Waals surface area contributed by atoms with Crippen molar-refractivity contribution in [3.05, 3.63) is 47.4 Å². The highest BCUT2D eigenvalue weighted by molar-refractivity contribution is 5.93. The normalized spacial score (nSPS) is 14.7. The molecule has 1 aromatic heterocycles. The molecule has 1 aliphatic carbocycles. The minimum atomic E-state index is -0.115. The predicted molar refractivity (Wildman–Crippen MR) is 100 cm³/mol. The third-order valence-electron chi connectivity index (χ3n) is 4.61. The van der Waals surface area contributed by atoms with Crippen molar-refractivity contribution in [1.82, 2.24) is 15.3 Å². The van der Waals surface area contributed by atoms with Crippen LogP contribution in [0.1, 0.15) is 67.3 Å². The second-order valence-corrected chi connectivity index (χ2v) is 7.04. The number of amides is 1. The van der Waals surface area contributed by atoms with Crippen molar-refractivity contribution in [1.29, 1.82) is 0 Å². The molecule has 5 nitrogen and oxygen atoms in total.